The number of rotatable bonds is 4. The zero-order chi connectivity index (χ0) is 11.4. The Labute approximate surface area is 96.5 Å². The van der Waals surface area contributed by atoms with Gasteiger partial charge in [0, 0.05) is 0 Å². The van der Waals surface area contributed by atoms with Gasteiger partial charge in [-0.1, -0.05) is 0 Å². The molecule has 0 aromatic heterocycles. The van der Waals surface area contributed by atoms with E-state index in [1.165, 1.54) is 11.1 Å². The topological polar surface area (TPSA) is 44.5 Å². The lowest BCUT2D eigenvalue weighted by Crippen LogP contribution is -2.15. The fourth-order valence-corrected chi connectivity index (χ4v) is 1.96. The van der Waals surface area contributed by atoms with E-state index in [2.05, 4.69) is 19.1 Å². The molecule has 1 aliphatic heterocycles. The Hall–Kier alpha value is -1.22. The molecule has 0 amide bonds. The second kappa shape index (κ2) is 5.21. The maximum atomic E-state index is 5.58. The first-order valence-corrected chi connectivity index (χ1v) is 5.90. The molecule has 1 aromatic carbocycles. The van der Waals surface area contributed by atoms with Crippen molar-refractivity contribution in [3.8, 4) is 11.5 Å². The van der Waals surface area contributed by atoms with Gasteiger partial charge in [-0.25, -0.2) is 0 Å². The molecule has 0 saturated heterocycles. The van der Waals surface area contributed by atoms with E-state index in [0.717, 1.165) is 37.3 Å². The van der Waals surface area contributed by atoms with Gasteiger partial charge in [0.15, 0.2) is 11.5 Å². The summed E-state index contributed by atoms with van der Waals surface area (Å²) >= 11 is 0. The summed E-state index contributed by atoms with van der Waals surface area (Å²) in [6, 6.07) is 4.19. The monoisotopic (exact) mass is 221 g/mol. The summed E-state index contributed by atoms with van der Waals surface area (Å²) in [7, 11) is 0. The van der Waals surface area contributed by atoms with E-state index in [1.807, 2.05) is 0 Å². The summed E-state index contributed by atoms with van der Waals surface area (Å²) in [5, 5.41) is 0. The Morgan fingerprint density at radius 3 is 2.50 bits per heavy atom. The van der Waals surface area contributed by atoms with Gasteiger partial charge in [0.05, 0.1) is 0 Å². The number of hydrogen-bond donors (Lipinski definition) is 1. The molecule has 3 nitrogen and oxygen atoms in total. The number of aryl methyl sites for hydroxylation is 2. The molecule has 1 aromatic rings. The Morgan fingerprint density at radius 2 is 1.81 bits per heavy atom. The first-order chi connectivity index (χ1) is 7.81. The number of nitrogens with two attached hydrogens (primary N) is 1. The van der Waals surface area contributed by atoms with Crippen molar-refractivity contribution in [1.29, 1.82) is 0 Å². The van der Waals surface area contributed by atoms with Crippen LogP contribution < -0.4 is 15.2 Å². The van der Waals surface area contributed by atoms with Crippen LogP contribution in [0, 0.1) is 6.92 Å². The highest BCUT2D eigenvalue weighted by Gasteiger charge is 2.13. The van der Waals surface area contributed by atoms with Crippen molar-refractivity contribution in [2.24, 2.45) is 5.73 Å². The van der Waals surface area contributed by atoms with Crippen molar-refractivity contribution in [3.05, 3.63) is 23.3 Å². The van der Waals surface area contributed by atoms with Crippen molar-refractivity contribution >= 4 is 0 Å². The first-order valence-electron chi connectivity index (χ1n) is 5.90. The number of benzene rings is 1. The summed E-state index contributed by atoms with van der Waals surface area (Å²) in [4.78, 5) is 0. The van der Waals surface area contributed by atoms with Gasteiger partial charge in [0.1, 0.15) is 13.2 Å². The zero-order valence-corrected chi connectivity index (χ0v) is 9.79. The van der Waals surface area contributed by atoms with E-state index in [4.69, 9.17) is 15.2 Å². The second-order valence-corrected chi connectivity index (χ2v) is 4.17. The summed E-state index contributed by atoms with van der Waals surface area (Å²) in [6.07, 6.45) is 3.28. The van der Waals surface area contributed by atoms with Gasteiger partial charge in [0.2, 0.25) is 0 Å². The highest BCUT2D eigenvalue weighted by atomic mass is 16.6. The van der Waals surface area contributed by atoms with Crippen LogP contribution in [0.25, 0.3) is 0 Å². The molecule has 1 aliphatic rings. The minimum atomic E-state index is 0.651. The predicted octanol–water partition coefficient (Wildman–Crippen LogP) is 2.05. The first kappa shape index (κ1) is 11.3. The number of hydrogen-bond acceptors (Lipinski definition) is 3. The standard InChI is InChI=1S/C13H19NO2/c1-10-8-12-13(16-7-6-15-12)9-11(10)4-2-3-5-14/h8-9H,2-7,14H2,1H3. The maximum Gasteiger partial charge on any atom is 0.161 e. The highest BCUT2D eigenvalue weighted by Crippen LogP contribution is 2.33. The van der Waals surface area contributed by atoms with Crippen molar-refractivity contribution in [1.82, 2.24) is 0 Å². The predicted molar refractivity (Wildman–Crippen MR) is 64.2 cm³/mol. The fourth-order valence-electron chi connectivity index (χ4n) is 1.96. The Balaban J connectivity index is 2.12. The van der Waals surface area contributed by atoms with Crippen molar-refractivity contribution in [3.63, 3.8) is 0 Å². The quantitative estimate of drug-likeness (QED) is 0.791. The SMILES string of the molecule is Cc1cc2c(cc1CCCCN)OCCO2. The van der Waals surface area contributed by atoms with Crippen LogP contribution in [0.15, 0.2) is 12.1 Å². The van der Waals surface area contributed by atoms with Gasteiger partial charge in [-0.3, -0.25) is 0 Å². The molecule has 0 bridgehead atoms. The van der Waals surface area contributed by atoms with Crippen LogP contribution in [0.4, 0.5) is 0 Å². The van der Waals surface area contributed by atoms with E-state index < -0.39 is 0 Å². The summed E-state index contributed by atoms with van der Waals surface area (Å²) < 4.78 is 11.1. The van der Waals surface area contributed by atoms with E-state index in [-0.39, 0.29) is 0 Å². The van der Waals surface area contributed by atoms with E-state index in [1.54, 1.807) is 0 Å². The van der Waals surface area contributed by atoms with Crippen LogP contribution in [0.1, 0.15) is 24.0 Å². The second-order valence-electron chi connectivity index (χ2n) is 4.17. The molecule has 0 aliphatic carbocycles. The average Bonchev–Trinajstić information content (AvgIpc) is 2.30. The number of fused-ring (bicyclic) bond motifs is 1. The molecule has 2 rings (SSSR count). The van der Waals surface area contributed by atoms with E-state index in [9.17, 15) is 0 Å². The lowest BCUT2D eigenvalue weighted by molar-refractivity contribution is 0.171. The lowest BCUT2D eigenvalue weighted by Gasteiger charge is -2.20. The maximum absolute atomic E-state index is 5.58. The Morgan fingerprint density at radius 1 is 1.12 bits per heavy atom. The van der Waals surface area contributed by atoms with Crippen LogP contribution in [-0.2, 0) is 6.42 Å². The molecule has 2 N–H and O–H groups in total. The van der Waals surface area contributed by atoms with Gasteiger partial charge in [-0.05, 0) is 56.0 Å². The molecule has 3 heteroatoms. The van der Waals surface area contributed by atoms with Crippen LogP contribution in [-0.4, -0.2) is 19.8 Å². The van der Waals surface area contributed by atoms with Crippen LogP contribution in [0.2, 0.25) is 0 Å². The fraction of sp³-hybridized carbons (Fsp3) is 0.538. The van der Waals surface area contributed by atoms with E-state index in [0.29, 0.717) is 13.2 Å². The molecule has 0 unspecified atom stereocenters. The van der Waals surface area contributed by atoms with Gasteiger partial charge in [-0.2, -0.15) is 0 Å². The van der Waals surface area contributed by atoms with Crippen LogP contribution in [0.3, 0.4) is 0 Å². The van der Waals surface area contributed by atoms with Crippen LogP contribution in [0.5, 0.6) is 11.5 Å². The van der Waals surface area contributed by atoms with Crippen LogP contribution >= 0.6 is 0 Å². The van der Waals surface area contributed by atoms with Gasteiger partial charge < -0.3 is 15.2 Å². The highest BCUT2D eigenvalue weighted by molar-refractivity contribution is 5.47. The molecular weight excluding hydrogens is 202 g/mol. The minimum Gasteiger partial charge on any atom is -0.486 e. The molecule has 0 fully saturated rings. The number of ether oxygens (including phenoxy) is 2. The summed E-state index contributed by atoms with van der Waals surface area (Å²) in [6.45, 7) is 4.19. The molecule has 88 valence electrons. The third-order valence-electron chi connectivity index (χ3n) is 2.90. The number of unbranched alkanes of at least 4 members (excludes halogenated alkanes) is 1. The van der Waals surface area contributed by atoms with E-state index >= 15 is 0 Å². The summed E-state index contributed by atoms with van der Waals surface area (Å²) in [5.41, 5.74) is 8.12. The van der Waals surface area contributed by atoms with Gasteiger partial charge in [0.25, 0.3) is 0 Å². The average molecular weight is 221 g/mol. The molecule has 16 heavy (non-hydrogen) atoms. The van der Waals surface area contributed by atoms with Crippen molar-refractivity contribution in [2.75, 3.05) is 19.8 Å². The molecule has 0 atom stereocenters. The smallest absolute Gasteiger partial charge is 0.161 e. The van der Waals surface area contributed by atoms with Crippen molar-refractivity contribution in [2.45, 2.75) is 26.2 Å². The largest absolute Gasteiger partial charge is 0.486 e. The Bertz CT molecular complexity index is 363. The Kier molecular flexibility index (Phi) is 3.67. The third kappa shape index (κ3) is 2.47. The zero-order valence-electron chi connectivity index (χ0n) is 9.79. The molecule has 0 saturated carbocycles. The summed E-state index contributed by atoms with van der Waals surface area (Å²) in [5.74, 6) is 1.77. The molecule has 0 spiro atoms. The third-order valence-corrected chi connectivity index (χ3v) is 2.90. The van der Waals surface area contributed by atoms with Gasteiger partial charge in [-0.15, -0.1) is 0 Å². The van der Waals surface area contributed by atoms with Crippen molar-refractivity contribution < 1.29 is 9.47 Å². The normalized spacial score (nSPS) is 13.9. The minimum absolute atomic E-state index is 0.651. The van der Waals surface area contributed by atoms with Gasteiger partial charge >= 0.3 is 0 Å². The molecule has 0 radical (unpaired) electrons. The molecule has 1 heterocycles. The lowest BCUT2D eigenvalue weighted by atomic mass is 10.0. The molecular formula is C13H19NO2.